The maximum absolute atomic E-state index is 13.5. The Kier molecular flexibility index (Phi) is 7.86. The number of carbonyl (C=O) groups excluding carboxylic acids is 1. The van der Waals surface area contributed by atoms with Crippen molar-refractivity contribution in [3.63, 3.8) is 0 Å². The summed E-state index contributed by atoms with van der Waals surface area (Å²) in [5, 5.41) is 0. The van der Waals surface area contributed by atoms with Crippen molar-refractivity contribution >= 4 is 28.7 Å². The molecule has 1 aliphatic heterocycles. The monoisotopic (exact) mass is 515 g/mol. The molecule has 0 aliphatic carbocycles. The zero-order valence-electron chi connectivity index (χ0n) is 24.1. The Morgan fingerprint density at radius 2 is 1.18 bits per heavy atom. The maximum atomic E-state index is 13.5. The summed E-state index contributed by atoms with van der Waals surface area (Å²) in [5.74, 6) is -0.398. The van der Waals surface area contributed by atoms with Crippen molar-refractivity contribution in [3.05, 3.63) is 77.1 Å². The number of benzene rings is 2. The van der Waals surface area contributed by atoms with Crippen LogP contribution >= 0.6 is 0 Å². The molecule has 1 aliphatic rings. The molecular weight excluding hydrogens is 474 g/mol. The molecule has 0 spiro atoms. The van der Waals surface area contributed by atoms with Crippen LogP contribution in [0.25, 0.3) is 0 Å². The van der Waals surface area contributed by atoms with Crippen molar-refractivity contribution in [1.29, 1.82) is 0 Å². The van der Waals surface area contributed by atoms with Crippen LogP contribution in [0.5, 0.6) is 0 Å². The molecule has 0 bridgehead atoms. The van der Waals surface area contributed by atoms with Gasteiger partial charge in [-0.05, 0) is 58.0 Å². The fraction of sp³-hybridized carbons (Fsp3) is 0.419. The van der Waals surface area contributed by atoms with Crippen molar-refractivity contribution in [2.75, 3.05) is 74.0 Å². The number of pyridine rings is 1. The Balaban J connectivity index is 2.16. The summed E-state index contributed by atoms with van der Waals surface area (Å²) >= 11 is 0. The zero-order valence-corrected chi connectivity index (χ0v) is 24.1. The molecule has 0 fully saturated rings. The molecule has 0 saturated heterocycles. The van der Waals surface area contributed by atoms with Crippen LogP contribution in [0.1, 0.15) is 54.9 Å². The van der Waals surface area contributed by atoms with Gasteiger partial charge in [-0.3, -0.25) is 0 Å². The third-order valence-electron chi connectivity index (χ3n) is 7.59. The van der Waals surface area contributed by atoms with E-state index in [-0.39, 0.29) is 0 Å². The first kappa shape index (κ1) is 27.3. The summed E-state index contributed by atoms with van der Waals surface area (Å²) in [7, 11) is 8.18. The molecule has 3 aromatic rings. The van der Waals surface area contributed by atoms with Crippen LogP contribution < -0.4 is 19.6 Å². The normalized spacial score (nSPS) is 13.6. The Labute approximate surface area is 227 Å². The van der Waals surface area contributed by atoms with E-state index < -0.39 is 11.6 Å². The van der Waals surface area contributed by atoms with E-state index in [1.165, 1.54) is 0 Å². The fourth-order valence-electron chi connectivity index (χ4n) is 5.48. The largest absolute Gasteiger partial charge is 0.439 e. The van der Waals surface area contributed by atoms with E-state index in [4.69, 9.17) is 4.74 Å². The smallest absolute Gasteiger partial charge is 0.358 e. The number of rotatable bonds is 10. The molecule has 0 unspecified atom stereocenters. The Morgan fingerprint density at radius 1 is 0.711 bits per heavy atom. The summed E-state index contributed by atoms with van der Waals surface area (Å²) < 4.78 is 6.57. The minimum atomic E-state index is -1.15. The molecule has 0 atom stereocenters. The van der Waals surface area contributed by atoms with E-state index in [0.29, 0.717) is 5.69 Å². The predicted molar refractivity (Wildman–Crippen MR) is 158 cm³/mol. The molecule has 0 radical (unpaired) electrons. The lowest BCUT2D eigenvalue weighted by Gasteiger charge is -2.38. The summed E-state index contributed by atoms with van der Waals surface area (Å²) in [6, 6.07) is 16.8. The third-order valence-corrected chi connectivity index (χ3v) is 7.59. The van der Waals surface area contributed by atoms with Crippen LogP contribution in [0.4, 0.5) is 22.7 Å². The lowest BCUT2D eigenvalue weighted by molar-refractivity contribution is 0.0251. The highest BCUT2D eigenvalue weighted by Gasteiger charge is 2.52. The van der Waals surface area contributed by atoms with Gasteiger partial charge in [-0.15, -0.1) is 0 Å². The van der Waals surface area contributed by atoms with Crippen molar-refractivity contribution in [1.82, 2.24) is 4.98 Å². The van der Waals surface area contributed by atoms with Crippen molar-refractivity contribution < 1.29 is 9.53 Å². The molecule has 2 heterocycles. The standard InChI is InChI=1S/C31H41N5O2/c1-9-35(10-2)27-20-22(33(5)6)15-17-24(27)31(26-14-13-19-32-29(26)30(37)38-31)25-18-16-23(34(7)8)21-28(25)36(11-3)12-4/h13-21H,9-12H2,1-8H3. The third kappa shape index (κ3) is 4.44. The Hall–Kier alpha value is -3.74. The number of aromatic nitrogens is 1. The molecule has 2 aromatic carbocycles. The minimum Gasteiger partial charge on any atom is -0.439 e. The van der Waals surface area contributed by atoms with Crippen molar-refractivity contribution in [2.45, 2.75) is 33.3 Å². The van der Waals surface area contributed by atoms with Crippen LogP contribution in [0, 0.1) is 0 Å². The number of nitrogens with zero attached hydrogens (tertiary/aromatic N) is 5. The second-order valence-electron chi connectivity index (χ2n) is 10.0. The molecule has 202 valence electrons. The summed E-state index contributed by atoms with van der Waals surface area (Å²) in [4.78, 5) is 26.8. The van der Waals surface area contributed by atoms with Gasteiger partial charge in [-0.2, -0.15) is 0 Å². The van der Waals surface area contributed by atoms with Gasteiger partial charge in [0.25, 0.3) is 0 Å². The van der Waals surface area contributed by atoms with Gasteiger partial charge in [0.2, 0.25) is 0 Å². The lowest BCUT2D eigenvalue weighted by atomic mass is 9.78. The Bertz CT molecular complexity index is 1230. The van der Waals surface area contributed by atoms with Gasteiger partial charge < -0.3 is 24.3 Å². The number of esters is 1. The highest BCUT2D eigenvalue weighted by molar-refractivity contribution is 5.95. The van der Waals surface area contributed by atoms with Gasteiger partial charge >= 0.3 is 5.97 Å². The second-order valence-corrected chi connectivity index (χ2v) is 10.0. The van der Waals surface area contributed by atoms with Crippen LogP contribution in [0.15, 0.2) is 54.7 Å². The van der Waals surface area contributed by atoms with Crippen LogP contribution in [-0.2, 0) is 10.3 Å². The number of hydrogen-bond acceptors (Lipinski definition) is 7. The van der Waals surface area contributed by atoms with E-state index >= 15 is 0 Å². The number of ether oxygens (including phenoxy) is 1. The van der Waals surface area contributed by atoms with E-state index in [1.807, 2.05) is 40.3 Å². The van der Waals surface area contributed by atoms with Crippen LogP contribution in [-0.4, -0.2) is 65.3 Å². The van der Waals surface area contributed by atoms with Gasteiger partial charge in [-0.25, -0.2) is 9.78 Å². The minimum absolute atomic E-state index is 0.372. The Morgan fingerprint density at radius 3 is 1.61 bits per heavy atom. The number of anilines is 4. The first-order chi connectivity index (χ1) is 18.2. The molecule has 7 nitrogen and oxygen atoms in total. The van der Waals surface area contributed by atoms with Crippen LogP contribution in [0.3, 0.4) is 0 Å². The number of hydrogen-bond donors (Lipinski definition) is 0. The van der Waals surface area contributed by atoms with Crippen molar-refractivity contribution in [2.24, 2.45) is 0 Å². The number of cyclic esters (lactones) is 1. The summed E-state index contributed by atoms with van der Waals surface area (Å²) in [6.45, 7) is 11.9. The summed E-state index contributed by atoms with van der Waals surface area (Å²) in [6.07, 6.45) is 1.66. The molecule has 0 N–H and O–H groups in total. The molecular formula is C31H41N5O2. The topological polar surface area (TPSA) is 52.2 Å². The predicted octanol–water partition coefficient (Wildman–Crippen LogP) is 5.37. The van der Waals surface area contributed by atoms with E-state index in [0.717, 1.165) is 65.6 Å². The lowest BCUT2D eigenvalue weighted by Crippen LogP contribution is -2.36. The van der Waals surface area contributed by atoms with E-state index in [1.54, 1.807) is 6.20 Å². The fourth-order valence-corrected chi connectivity index (χ4v) is 5.48. The quantitative estimate of drug-likeness (QED) is 0.337. The molecule has 4 rings (SSSR count). The molecule has 38 heavy (non-hydrogen) atoms. The SMILES string of the molecule is CCN(CC)c1cc(N(C)C)ccc1C1(c2ccc(N(C)C)cc2N(CC)CC)OC(=O)c2ncccc21. The highest BCUT2D eigenvalue weighted by Crippen LogP contribution is 2.52. The zero-order chi connectivity index (χ0) is 27.6. The average Bonchev–Trinajstić information content (AvgIpc) is 3.23. The van der Waals surface area contributed by atoms with Crippen LogP contribution in [0.2, 0.25) is 0 Å². The van der Waals surface area contributed by atoms with Gasteiger partial charge in [-0.1, -0.05) is 18.2 Å². The molecule has 0 saturated carbocycles. The second kappa shape index (κ2) is 10.9. The van der Waals surface area contributed by atoms with Crippen molar-refractivity contribution in [3.8, 4) is 0 Å². The van der Waals surface area contributed by atoms with Gasteiger partial charge in [0.05, 0.1) is 0 Å². The van der Waals surface area contributed by atoms with E-state index in [9.17, 15) is 4.79 Å². The number of fused-ring (bicyclic) bond motifs is 1. The first-order valence-corrected chi connectivity index (χ1v) is 13.6. The van der Waals surface area contributed by atoms with Gasteiger partial charge in [0.1, 0.15) is 0 Å². The van der Waals surface area contributed by atoms with Gasteiger partial charge in [0, 0.05) is 100 Å². The highest BCUT2D eigenvalue weighted by atomic mass is 16.6. The molecule has 1 aromatic heterocycles. The first-order valence-electron chi connectivity index (χ1n) is 13.6. The average molecular weight is 516 g/mol. The molecule has 7 heteroatoms. The number of carbonyl (C=O) groups is 1. The molecule has 0 amide bonds. The van der Waals surface area contributed by atoms with E-state index in [2.05, 4.69) is 88.7 Å². The maximum Gasteiger partial charge on any atom is 0.358 e. The van der Waals surface area contributed by atoms with Gasteiger partial charge in [0.15, 0.2) is 11.3 Å². The summed E-state index contributed by atoms with van der Waals surface area (Å²) in [5.41, 5.74) is 6.17.